The van der Waals surface area contributed by atoms with Crippen molar-refractivity contribution in [3.63, 3.8) is 0 Å². The van der Waals surface area contributed by atoms with E-state index in [-0.39, 0.29) is 6.42 Å². The summed E-state index contributed by atoms with van der Waals surface area (Å²) < 4.78 is 35.6. The fourth-order valence-corrected chi connectivity index (χ4v) is 2.40. The summed E-state index contributed by atoms with van der Waals surface area (Å²) in [6.07, 6.45) is 1.40. The van der Waals surface area contributed by atoms with E-state index >= 15 is 0 Å². The lowest BCUT2D eigenvalue weighted by atomic mass is 10.00. The third-order valence-electron chi connectivity index (χ3n) is 3.46. The quantitative estimate of drug-likeness (QED) is 0.691. The van der Waals surface area contributed by atoms with Crippen LogP contribution in [0.3, 0.4) is 0 Å². The first-order valence-corrected chi connectivity index (χ1v) is 6.29. The molecule has 1 fully saturated rings. The van der Waals surface area contributed by atoms with Crippen LogP contribution in [0.2, 0.25) is 0 Å². The van der Waals surface area contributed by atoms with Gasteiger partial charge in [0.25, 0.3) is 0 Å². The van der Waals surface area contributed by atoms with Crippen LogP contribution in [-0.2, 0) is 0 Å². The zero-order chi connectivity index (χ0) is 12.0. The molecule has 96 valence electrons. The molecule has 0 aromatic rings. The number of unbranched alkanes of at least 4 members (excludes halogenated alkanes) is 1. The van der Waals surface area contributed by atoms with Gasteiger partial charge in [-0.05, 0) is 45.1 Å². The van der Waals surface area contributed by atoms with Crippen molar-refractivity contribution in [2.24, 2.45) is 5.92 Å². The topological polar surface area (TPSA) is 12.0 Å². The summed E-state index contributed by atoms with van der Waals surface area (Å²) in [5.41, 5.74) is 0. The molecule has 1 aliphatic carbocycles. The van der Waals surface area contributed by atoms with E-state index in [4.69, 9.17) is 0 Å². The van der Waals surface area contributed by atoms with Crippen molar-refractivity contribution in [1.82, 2.24) is 5.32 Å². The minimum absolute atomic E-state index is 0.244. The van der Waals surface area contributed by atoms with Crippen molar-refractivity contribution in [3.05, 3.63) is 0 Å². The molecule has 1 rings (SSSR count). The third-order valence-corrected chi connectivity index (χ3v) is 3.46. The average Bonchev–Trinajstić information content (AvgIpc) is 2.67. The number of rotatable bonds is 6. The predicted molar refractivity (Wildman–Crippen MR) is 59.3 cm³/mol. The summed E-state index contributed by atoms with van der Waals surface area (Å²) in [6, 6.07) is 0.466. The van der Waals surface area contributed by atoms with Crippen molar-refractivity contribution >= 4 is 0 Å². The van der Waals surface area contributed by atoms with E-state index in [9.17, 15) is 13.2 Å². The largest absolute Gasteiger partial charge is 0.389 e. The van der Waals surface area contributed by atoms with Crippen LogP contribution in [0, 0.1) is 5.92 Å². The fraction of sp³-hybridized carbons (Fsp3) is 1.00. The second-order valence-electron chi connectivity index (χ2n) is 4.86. The van der Waals surface area contributed by atoms with Crippen LogP contribution < -0.4 is 5.32 Å². The fourth-order valence-electron chi connectivity index (χ4n) is 2.40. The molecule has 0 bridgehead atoms. The lowest BCUT2D eigenvalue weighted by Gasteiger charge is -2.20. The Kier molecular flexibility index (Phi) is 5.59. The molecule has 0 aromatic heterocycles. The highest BCUT2D eigenvalue weighted by molar-refractivity contribution is 4.77. The zero-order valence-corrected chi connectivity index (χ0v) is 9.95. The molecular formula is C12H22F3N. The molecule has 1 aliphatic rings. The predicted octanol–water partition coefficient (Wildman–Crippen LogP) is 3.89. The number of halogens is 3. The molecule has 0 heterocycles. The molecule has 0 radical (unpaired) electrons. The van der Waals surface area contributed by atoms with E-state index < -0.39 is 12.6 Å². The molecule has 4 heteroatoms. The number of hydrogen-bond donors (Lipinski definition) is 1. The summed E-state index contributed by atoms with van der Waals surface area (Å²) in [7, 11) is 0. The van der Waals surface area contributed by atoms with Gasteiger partial charge in [-0.15, -0.1) is 0 Å². The van der Waals surface area contributed by atoms with Gasteiger partial charge >= 0.3 is 6.18 Å². The van der Waals surface area contributed by atoms with Gasteiger partial charge < -0.3 is 5.32 Å². The first-order chi connectivity index (χ1) is 7.49. The molecule has 0 aromatic carbocycles. The van der Waals surface area contributed by atoms with E-state index in [1.54, 1.807) is 0 Å². The van der Waals surface area contributed by atoms with Crippen LogP contribution in [0.25, 0.3) is 0 Å². The van der Waals surface area contributed by atoms with Crippen molar-refractivity contribution in [1.29, 1.82) is 0 Å². The summed E-state index contributed by atoms with van der Waals surface area (Å²) in [5, 5.41) is 3.34. The standard InChI is InChI=1S/C12H22F3N/c1-10(11-6-2-3-7-11)16-9-5-4-8-12(13,14)15/h10-11,16H,2-9H2,1H3. The number of alkyl halides is 3. The van der Waals surface area contributed by atoms with Gasteiger partial charge in [0.15, 0.2) is 0 Å². The van der Waals surface area contributed by atoms with Crippen LogP contribution in [0.4, 0.5) is 13.2 Å². The van der Waals surface area contributed by atoms with E-state index in [1.807, 2.05) is 0 Å². The number of nitrogens with one attached hydrogen (secondary N) is 1. The van der Waals surface area contributed by atoms with Gasteiger partial charge in [-0.1, -0.05) is 12.8 Å². The second-order valence-corrected chi connectivity index (χ2v) is 4.86. The van der Waals surface area contributed by atoms with E-state index in [0.29, 0.717) is 19.0 Å². The molecule has 16 heavy (non-hydrogen) atoms. The summed E-state index contributed by atoms with van der Waals surface area (Å²) in [5.74, 6) is 0.739. The van der Waals surface area contributed by atoms with E-state index in [0.717, 1.165) is 5.92 Å². The summed E-state index contributed by atoms with van der Waals surface area (Å²) in [6.45, 7) is 2.87. The van der Waals surface area contributed by atoms with Crippen molar-refractivity contribution < 1.29 is 13.2 Å². The molecule has 1 nitrogen and oxygen atoms in total. The Morgan fingerprint density at radius 3 is 2.38 bits per heavy atom. The van der Waals surface area contributed by atoms with Crippen LogP contribution in [0.15, 0.2) is 0 Å². The SMILES string of the molecule is CC(NCCCCC(F)(F)F)C1CCCC1. The first kappa shape index (κ1) is 13.8. The maximum Gasteiger partial charge on any atom is 0.389 e. The lowest BCUT2D eigenvalue weighted by molar-refractivity contribution is -0.135. The monoisotopic (exact) mass is 237 g/mol. The Morgan fingerprint density at radius 1 is 1.19 bits per heavy atom. The van der Waals surface area contributed by atoms with Crippen molar-refractivity contribution in [3.8, 4) is 0 Å². The van der Waals surface area contributed by atoms with Crippen molar-refractivity contribution in [2.75, 3.05) is 6.54 Å². The Labute approximate surface area is 95.8 Å². The molecule has 0 aliphatic heterocycles. The van der Waals surface area contributed by atoms with E-state index in [1.165, 1.54) is 25.7 Å². The van der Waals surface area contributed by atoms with Gasteiger partial charge in [-0.2, -0.15) is 13.2 Å². The maximum absolute atomic E-state index is 11.9. The van der Waals surface area contributed by atoms with Crippen LogP contribution >= 0.6 is 0 Å². The first-order valence-electron chi connectivity index (χ1n) is 6.29. The molecule has 0 spiro atoms. The normalized spacial score (nSPS) is 20.2. The molecular weight excluding hydrogens is 215 g/mol. The van der Waals surface area contributed by atoms with Gasteiger partial charge in [-0.3, -0.25) is 0 Å². The Hall–Kier alpha value is -0.250. The molecule has 1 N–H and O–H groups in total. The second kappa shape index (κ2) is 6.48. The summed E-state index contributed by atoms with van der Waals surface area (Å²) >= 11 is 0. The average molecular weight is 237 g/mol. The molecule has 1 saturated carbocycles. The smallest absolute Gasteiger partial charge is 0.314 e. The molecule has 0 saturated heterocycles. The summed E-state index contributed by atoms with van der Waals surface area (Å²) in [4.78, 5) is 0. The van der Waals surface area contributed by atoms with Crippen LogP contribution in [-0.4, -0.2) is 18.8 Å². The van der Waals surface area contributed by atoms with Crippen LogP contribution in [0.1, 0.15) is 51.9 Å². The van der Waals surface area contributed by atoms with E-state index in [2.05, 4.69) is 12.2 Å². The molecule has 1 atom stereocenters. The van der Waals surface area contributed by atoms with Gasteiger partial charge in [0.2, 0.25) is 0 Å². The highest BCUT2D eigenvalue weighted by atomic mass is 19.4. The van der Waals surface area contributed by atoms with Crippen LogP contribution in [0.5, 0.6) is 0 Å². The molecule has 0 amide bonds. The van der Waals surface area contributed by atoms with Gasteiger partial charge in [0.1, 0.15) is 0 Å². The van der Waals surface area contributed by atoms with Gasteiger partial charge in [0, 0.05) is 12.5 Å². The maximum atomic E-state index is 11.9. The Morgan fingerprint density at radius 2 is 1.81 bits per heavy atom. The molecule has 1 unspecified atom stereocenters. The Balaban J connectivity index is 1.98. The van der Waals surface area contributed by atoms with Gasteiger partial charge in [-0.25, -0.2) is 0 Å². The minimum Gasteiger partial charge on any atom is -0.314 e. The highest BCUT2D eigenvalue weighted by Crippen LogP contribution is 2.27. The van der Waals surface area contributed by atoms with Crippen molar-refractivity contribution in [2.45, 2.75) is 64.1 Å². The lowest BCUT2D eigenvalue weighted by Crippen LogP contribution is -2.33. The van der Waals surface area contributed by atoms with Gasteiger partial charge in [0.05, 0.1) is 0 Å². The third kappa shape index (κ3) is 5.73. The Bertz CT molecular complexity index is 185. The number of hydrogen-bond acceptors (Lipinski definition) is 1. The minimum atomic E-state index is -3.99. The zero-order valence-electron chi connectivity index (χ0n) is 9.95. The highest BCUT2D eigenvalue weighted by Gasteiger charge is 2.26.